The van der Waals surface area contributed by atoms with Gasteiger partial charge in [-0.25, -0.2) is 4.98 Å². The highest BCUT2D eigenvalue weighted by atomic mass is 32.2. The zero-order chi connectivity index (χ0) is 13.0. The van der Waals surface area contributed by atoms with Gasteiger partial charge in [-0.2, -0.15) is 11.8 Å². The average Bonchev–Trinajstić information content (AvgIpc) is 3.20. The van der Waals surface area contributed by atoms with Gasteiger partial charge in [0.05, 0.1) is 18.1 Å². The Morgan fingerprint density at radius 3 is 2.78 bits per heavy atom. The normalized spacial score (nSPS) is 16.6. The summed E-state index contributed by atoms with van der Waals surface area (Å²) in [6.07, 6.45) is 8.50. The molecule has 1 aromatic heterocycles. The standard InChI is InChI=1S/C13H22N4S/c1-10(9-18-3)17(2)13-8-15-12(7-16-13)6-14-11-4-5-11/h7-8,10-11,14H,4-6,9H2,1-3H3. The van der Waals surface area contributed by atoms with Crippen LogP contribution in [0.2, 0.25) is 0 Å². The van der Waals surface area contributed by atoms with Gasteiger partial charge in [-0.1, -0.05) is 0 Å². The van der Waals surface area contributed by atoms with Gasteiger partial charge in [0.15, 0.2) is 0 Å². The van der Waals surface area contributed by atoms with Gasteiger partial charge in [0.25, 0.3) is 0 Å². The second-order valence-electron chi connectivity index (χ2n) is 4.94. The van der Waals surface area contributed by atoms with Gasteiger partial charge in [-0.05, 0) is 26.0 Å². The van der Waals surface area contributed by atoms with Crippen LogP contribution in [0.3, 0.4) is 0 Å². The Morgan fingerprint density at radius 2 is 2.22 bits per heavy atom. The van der Waals surface area contributed by atoms with Gasteiger partial charge in [-0.15, -0.1) is 0 Å². The quantitative estimate of drug-likeness (QED) is 0.816. The van der Waals surface area contributed by atoms with Crippen LogP contribution in [0.25, 0.3) is 0 Å². The van der Waals surface area contributed by atoms with Crippen LogP contribution in [-0.2, 0) is 6.54 Å². The number of aromatic nitrogens is 2. The molecule has 0 radical (unpaired) electrons. The van der Waals surface area contributed by atoms with Crippen molar-refractivity contribution in [2.45, 2.75) is 38.4 Å². The van der Waals surface area contributed by atoms with E-state index in [1.165, 1.54) is 12.8 Å². The SMILES string of the molecule is CSCC(C)N(C)c1cnc(CNC2CC2)cn1. The topological polar surface area (TPSA) is 41.1 Å². The Morgan fingerprint density at radius 1 is 1.44 bits per heavy atom. The molecule has 5 heteroatoms. The highest BCUT2D eigenvalue weighted by Crippen LogP contribution is 2.19. The maximum Gasteiger partial charge on any atom is 0.147 e. The lowest BCUT2D eigenvalue weighted by Crippen LogP contribution is -2.31. The van der Waals surface area contributed by atoms with Crippen molar-refractivity contribution in [1.82, 2.24) is 15.3 Å². The molecule has 1 atom stereocenters. The largest absolute Gasteiger partial charge is 0.355 e. The fraction of sp³-hybridized carbons (Fsp3) is 0.692. The molecule has 1 N–H and O–H groups in total. The summed E-state index contributed by atoms with van der Waals surface area (Å²) >= 11 is 1.85. The molecule has 1 saturated carbocycles. The predicted molar refractivity (Wildman–Crippen MR) is 78.1 cm³/mol. The highest BCUT2D eigenvalue weighted by Gasteiger charge is 2.20. The molecular weight excluding hydrogens is 244 g/mol. The Balaban J connectivity index is 1.88. The first kappa shape index (κ1) is 13.6. The fourth-order valence-corrected chi connectivity index (χ4v) is 2.44. The van der Waals surface area contributed by atoms with Crippen molar-refractivity contribution >= 4 is 17.6 Å². The summed E-state index contributed by atoms with van der Waals surface area (Å²) < 4.78 is 0. The van der Waals surface area contributed by atoms with Crippen LogP contribution in [0.1, 0.15) is 25.5 Å². The first-order chi connectivity index (χ1) is 8.70. The van der Waals surface area contributed by atoms with Crippen LogP contribution in [0.15, 0.2) is 12.4 Å². The molecule has 0 bridgehead atoms. The molecule has 0 aliphatic heterocycles. The molecule has 1 heterocycles. The minimum Gasteiger partial charge on any atom is -0.355 e. The molecule has 1 fully saturated rings. The number of hydrogen-bond donors (Lipinski definition) is 1. The van der Waals surface area contributed by atoms with Crippen LogP contribution in [0, 0.1) is 0 Å². The molecule has 2 rings (SSSR count). The maximum absolute atomic E-state index is 4.49. The maximum atomic E-state index is 4.49. The second-order valence-corrected chi connectivity index (χ2v) is 5.85. The Hall–Kier alpha value is -0.810. The molecule has 4 nitrogen and oxygen atoms in total. The molecule has 1 aromatic rings. The Bertz CT molecular complexity index is 364. The number of rotatable bonds is 7. The lowest BCUT2D eigenvalue weighted by molar-refractivity contribution is 0.669. The van der Waals surface area contributed by atoms with Gasteiger partial charge in [0.1, 0.15) is 5.82 Å². The summed E-state index contributed by atoms with van der Waals surface area (Å²) in [5, 5.41) is 3.45. The molecule has 1 aliphatic carbocycles. The average molecular weight is 266 g/mol. The molecule has 0 saturated heterocycles. The molecule has 0 aromatic carbocycles. The van der Waals surface area contributed by atoms with E-state index in [2.05, 4.69) is 40.4 Å². The van der Waals surface area contributed by atoms with Gasteiger partial charge in [0.2, 0.25) is 0 Å². The third-order valence-electron chi connectivity index (χ3n) is 3.27. The van der Waals surface area contributed by atoms with E-state index in [-0.39, 0.29) is 0 Å². The van der Waals surface area contributed by atoms with Crippen LogP contribution < -0.4 is 10.2 Å². The van der Waals surface area contributed by atoms with Crippen molar-refractivity contribution in [2.75, 3.05) is 24.0 Å². The van der Waals surface area contributed by atoms with E-state index >= 15 is 0 Å². The van der Waals surface area contributed by atoms with Crippen molar-refractivity contribution in [2.24, 2.45) is 0 Å². The predicted octanol–water partition coefficient (Wildman–Crippen LogP) is 1.92. The van der Waals surface area contributed by atoms with Crippen LogP contribution >= 0.6 is 11.8 Å². The van der Waals surface area contributed by atoms with E-state index in [9.17, 15) is 0 Å². The van der Waals surface area contributed by atoms with Crippen LogP contribution in [0.5, 0.6) is 0 Å². The first-order valence-electron chi connectivity index (χ1n) is 6.46. The van der Waals surface area contributed by atoms with Gasteiger partial charge in [-0.3, -0.25) is 4.98 Å². The lowest BCUT2D eigenvalue weighted by atomic mass is 10.3. The second kappa shape index (κ2) is 6.38. The Labute approximate surface area is 114 Å². The summed E-state index contributed by atoms with van der Waals surface area (Å²) in [5.41, 5.74) is 1.02. The van der Waals surface area contributed by atoms with E-state index in [1.807, 2.05) is 24.2 Å². The van der Waals surface area contributed by atoms with E-state index in [4.69, 9.17) is 0 Å². The van der Waals surface area contributed by atoms with Crippen LogP contribution in [-0.4, -0.2) is 41.1 Å². The van der Waals surface area contributed by atoms with Crippen molar-refractivity contribution in [3.8, 4) is 0 Å². The monoisotopic (exact) mass is 266 g/mol. The lowest BCUT2D eigenvalue weighted by Gasteiger charge is -2.25. The fourth-order valence-electron chi connectivity index (χ4n) is 1.74. The zero-order valence-corrected chi connectivity index (χ0v) is 12.2. The summed E-state index contributed by atoms with van der Waals surface area (Å²) in [4.78, 5) is 11.1. The van der Waals surface area contributed by atoms with Crippen molar-refractivity contribution in [3.63, 3.8) is 0 Å². The van der Waals surface area contributed by atoms with Crippen molar-refractivity contribution in [3.05, 3.63) is 18.1 Å². The number of anilines is 1. The molecule has 0 spiro atoms. The van der Waals surface area contributed by atoms with Crippen molar-refractivity contribution in [1.29, 1.82) is 0 Å². The van der Waals surface area contributed by atoms with Crippen molar-refractivity contribution < 1.29 is 0 Å². The Kier molecular flexibility index (Phi) is 4.83. The van der Waals surface area contributed by atoms with Crippen LogP contribution in [0.4, 0.5) is 5.82 Å². The molecule has 0 amide bonds. The van der Waals surface area contributed by atoms with E-state index in [0.717, 1.165) is 29.9 Å². The third-order valence-corrected chi connectivity index (χ3v) is 4.09. The smallest absolute Gasteiger partial charge is 0.147 e. The van der Waals surface area contributed by atoms with Gasteiger partial charge >= 0.3 is 0 Å². The third kappa shape index (κ3) is 3.85. The van der Waals surface area contributed by atoms with Gasteiger partial charge in [0, 0.05) is 31.4 Å². The molecular formula is C13H22N4S. The molecule has 1 unspecified atom stereocenters. The number of nitrogens with zero attached hydrogens (tertiary/aromatic N) is 3. The van der Waals surface area contributed by atoms with E-state index in [1.54, 1.807) is 0 Å². The number of nitrogens with one attached hydrogen (secondary N) is 1. The molecule has 1 aliphatic rings. The van der Waals surface area contributed by atoms with E-state index in [0.29, 0.717) is 6.04 Å². The number of thioether (sulfide) groups is 1. The zero-order valence-electron chi connectivity index (χ0n) is 11.4. The summed E-state index contributed by atoms with van der Waals surface area (Å²) in [7, 11) is 2.08. The summed E-state index contributed by atoms with van der Waals surface area (Å²) in [6, 6.07) is 1.19. The summed E-state index contributed by atoms with van der Waals surface area (Å²) in [5.74, 6) is 2.05. The molecule has 100 valence electrons. The first-order valence-corrected chi connectivity index (χ1v) is 7.86. The number of hydrogen-bond acceptors (Lipinski definition) is 5. The summed E-state index contributed by atoms with van der Waals surface area (Å²) in [6.45, 7) is 3.04. The minimum atomic E-state index is 0.477. The highest BCUT2D eigenvalue weighted by molar-refractivity contribution is 7.98. The van der Waals surface area contributed by atoms with Gasteiger partial charge < -0.3 is 10.2 Å². The minimum absolute atomic E-state index is 0.477. The van der Waals surface area contributed by atoms with E-state index < -0.39 is 0 Å². The molecule has 18 heavy (non-hydrogen) atoms.